The summed E-state index contributed by atoms with van der Waals surface area (Å²) in [5.74, 6) is 1.53. The molecule has 1 atom stereocenters. The Morgan fingerprint density at radius 1 is 1.19 bits per heavy atom. The number of halogens is 3. The van der Waals surface area contributed by atoms with Gasteiger partial charge in [0.1, 0.15) is 29.0 Å². The van der Waals surface area contributed by atoms with Crippen LogP contribution in [0.15, 0.2) is 23.0 Å². The van der Waals surface area contributed by atoms with Gasteiger partial charge >= 0.3 is 5.69 Å². The van der Waals surface area contributed by atoms with Crippen molar-refractivity contribution in [2.75, 3.05) is 5.32 Å². The SMILES string of the molecule is CCCn1c2nc(C3CCCC3)nc-2c2n(c1=O)CC(Cc1cc(F)ccc1F)N2.Cl. The van der Waals surface area contributed by atoms with Gasteiger partial charge in [-0.15, -0.1) is 12.4 Å². The second-order valence-electron chi connectivity index (χ2n) is 8.41. The van der Waals surface area contributed by atoms with Crippen molar-refractivity contribution in [3.63, 3.8) is 0 Å². The Labute approximate surface area is 185 Å². The van der Waals surface area contributed by atoms with Crippen molar-refractivity contribution >= 4 is 18.2 Å². The van der Waals surface area contributed by atoms with Crippen molar-refractivity contribution in [3.05, 3.63) is 51.7 Å². The van der Waals surface area contributed by atoms with E-state index in [0.29, 0.717) is 41.9 Å². The Bertz CT molecular complexity index is 1120. The van der Waals surface area contributed by atoms with Crippen LogP contribution in [0.2, 0.25) is 0 Å². The first-order chi connectivity index (χ1) is 14.5. The van der Waals surface area contributed by atoms with Crippen molar-refractivity contribution in [1.82, 2.24) is 19.1 Å². The van der Waals surface area contributed by atoms with Gasteiger partial charge in [-0.3, -0.25) is 9.13 Å². The van der Waals surface area contributed by atoms with Gasteiger partial charge in [0.2, 0.25) is 0 Å². The summed E-state index contributed by atoms with van der Waals surface area (Å²) < 4.78 is 31.1. The first-order valence-corrected chi connectivity index (χ1v) is 10.8. The third kappa shape index (κ3) is 3.82. The van der Waals surface area contributed by atoms with Crippen molar-refractivity contribution in [1.29, 1.82) is 0 Å². The van der Waals surface area contributed by atoms with E-state index < -0.39 is 11.6 Å². The van der Waals surface area contributed by atoms with Crippen LogP contribution < -0.4 is 11.0 Å². The van der Waals surface area contributed by atoms with Gasteiger partial charge in [-0.2, -0.15) is 0 Å². The fraction of sp³-hybridized carbons (Fsp3) is 0.500. The van der Waals surface area contributed by atoms with Gasteiger partial charge in [0.05, 0.1) is 0 Å². The summed E-state index contributed by atoms with van der Waals surface area (Å²) in [6.07, 6.45) is 5.62. The van der Waals surface area contributed by atoms with Crippen LogP contribution in [0.5, 0.6) is 0 Å². The summed E-state index contributed by atoms with van der Waals surface area (Å²) in [6, 6.07) is 3.25. The topological polar surface area (TPSA) is 64.7 Å². The lowest BCUT2D eigenvalue weighted by atomic mass is 10.1. The molecule has 3 aliphatic heterocycles. The summed E-state index contributed by atoms with van der Waals surface area (Å²) in [5, 5.41) is 3.34. The molecule has 1 N–H and O–H groups in total. The van der Waals surface area contributed by atoms with Gasteiger partial charge in [0, 0.05) is 25.0 Å². The minimum Gasteiger partial charge on any atom is -0.365 e. The first-order valence-electron chi connectivity index (χ1n) is 10.8. The lowest BCUT2D eigenvalue weighted by Gasteiger charge is -2.13. The number of rotatable bonds is 5. The monoisotopic (exact) mass is 449 g/mol. The van der Waals surface area contributed by atoms with E-state index in [1.807, 2.05) is 6.92 Å². The Kier molecular flexibility index (Phi) is 6.01. The number of hydrogen-bond donors (Lipinski definition) is 1. The van der Waals surface area contributed by atoms with E-state index in [4.69, 9.17) is 9.97 Å². The van der Waals surface area contributed by atoms with Gasteiger partial charge in [-0.25, -0.2) is 23.5 Å². The highest BCUT2D eigenvalue weighted by atomic mass is 35.5. The predicted molar refractivity (Wildman–Crippen MR) is 117 cm³/mol. The van der Waals surface area contributed by atoms with Crippen molar-refractivity contribution in [3.8, 4) is 11.5 Å². The largest absolute Gasteiger partial charge is 0.365 e. The molecule has 3 heterocycles. The second-order valence-corrected chi connectivity index (χ2v) is 8.41. The maximum absolute atomic E-state index is 14.1. The molecule has 1 aromatic rings. The molecule has 1 saturated carbocycles. The summed E-state index contributed by atoms with van der Waals surface area (Å²) in [4.78, 5) is 22.8. The van der Waals surface area contributed by atoms with Gasteiger partial charge in [-0.05, 0) is 49.4 Å². The van der Waals surface area contributed by atoms with Crippen LogP contribution in [0.1, 0.15) is 56.3 Å². The van der Waals surface area contributed by atoms with Crippen molar-refractivity contribution in [2.45, 2.75) is 70.5 Å². The summed E-state index contributed by atoms with van der Waals surface area (Å²) in [6.45, 7) is 2.98. The maximum atomic E-state index is 14.1. The Balaban J connectivity index is 0.00000231. The highest BCUT2D eigenvalue weighted by Crippen LogP contribution is 2.37. The predicted octanol–water partition coefficient (Wildman–Crippen LogP) is 4.35. The van der Waals surface area contributed by atoms with Crippen LogP contribution >= 0.6 is 12.4 Å². The Morgan fingerprint density at radius 2 is 1.97 bits per heavy atom. The van der Waals surface area contributed by atoms with Crippen LogP contribution in [0, 0.1) is 11.6 Å². The summed E-state index contributed by atoms with van der Waals surface area (Å²) in [7, 11) is 0. The number of aromatic nitrogens is 4. The van der Waals surface area contributed by atoms with Crippen LogP contribution in [-0.4, -0.2) is 25.1 Å². The summed E-state index contributed by atoms with van der Waals surface area (Å²) >= 11 is 0. The lowest BCUT2D eigenvalue weighted by molar-refractivity contribution is 0.544. The normalized spacial score (nSPS) is 18.2. The van der Waals surface area contributed by atoms with E-state index in [0.717, 1.165) is 37.2 Å². The molecule has 0 aromatic heterocycles. The van der Waals surface area contributed by atoms with Gasteiger partial charge in [0.15, 0.2) is 5.82 Å². The molecule has 9 heteroatoms. The molecule has 0 amide bonds. The number of nitrogens with one attached hydrogen (secondary N) is 1. The van der Waals surface area contributed by atoms with Gasteiger partial charge in [-0.1, -0.05) is 19.8 Å². The Hall–Kier alpha value is -2.48. The number of nitrogens with zero attached hydrogens (tertiary/aromatic N) is 4. The molecule has 4 aliphatic rings. The van der Waals surface area contributed by atoms with E-state index in [1.165, 1.54) is 18.9 Å². The molecular weight excluding hydrogens is 424 g/mol. The van der Waals surface area contributed by atoms with E-state index in [2.05, 4.69) is 5.32 Å². The average molecular weight is 450 g/mol. The number of fused-ring (bicyclic) bond motifs is 3. The standard InChI is InChI=1S/C22H25F2N5O.ClH/c1-2-9-28-21-18(26-19(27-21)13-5-3-4-6-13)20-25-16(12-29(20)22(28)30)11-14-10-15(23)7-8-17(14)24;/h7-8,10,13,16,25H,2-6,9,11-12H2,1H3;1H. The molecular formula is C22H26ClF2N5O. The van der Waals surface area contributed by atoms with Crippen molar-refractivity contribution in [2.24, 2.45) is 0 Å². The maximum Gasteiger partial charge on any atom is 0.331 e. The lowest BCUT2D eigenvalue weighted by Crippen LogP contribution is -2.32. The average Bonchev–Trinajstić information content (AvgIpc) is 3.46. The Morgan fingerprint density at radius 3 is 2.71 bits per heavy atom. The highest BCUT2D eigenvalue weighted by molar-refractivity contribution is 5.85. The zero-order valence-corrected chi connectivity index (χ0v) is 18.2. The minimum absolute atomic E-state index is 0. The molecule has 0 radical (unpaired) electrons. The van der Waals surface area contributed by atoms with Gasteiger partial charge < -0.3 is 5.32 Å². The molecule has 0 spiro atoms. The smallest absolute Gasteiger partial charge is 0.331 e. The van der Waals surface area contributed by atoms with Crippen LogP contribution in [0.4, 0.5) is 14.6 Å². The molecule has 0 bridgehead atoms. The molecule has 1 aromatic carbocycles. The molecule has 1 aliphatic carbocycles. The number of imidazole rings is 1. The van der Waals surface area contributed by atoms with Crippen molar-refractivity contribution < 1.29 is 8.78 Å². The van der Waals surface area contributed by atoms with Crippen LogP contribution in [0.3, 0.4) is 0 Å². The molecule has 166 valence electrons. The molecule has 1 unspecified atom stereocenters. The second kappa shape index (κ2) is 8.57. The van der Waals surface area contributed by atoms with E-state index in [-0.39, 0.29) is 30.6 Å². The molecule has 31 heavy (non-hydrogen) atoms. The molecule has 0 saturated heterocycles. The van der Waals surface area contributed by atoms with Gasteiger partial charge in [0.25, 0.3) is 0 Å². The molecule has 1 fully saturated rings. The van der Waals surface area contributed by atoms with E-state index in [1.54, 1.807) is 9.13 Å². The number of benzene rings is 1. The minimum atomic E-state index is -0.467. The number of hydrogen-bond acceptors (Lipinski definition) is 4. The summed E-state index contributed by atoms with van der Waals surface area (Å²) in [5.41, 5.74) is 0.866. The third-order valence-corrected chi connectivity index (χ3v) is 6.26. The quantitative estimate of drug-likeness (QED) is 0.629. The zero-order chi connectivity index (χ0) is 20.8. The van der Waals surface area contributed by atoms with Crippen LogP contribution in [0.25, 0.3) is 11.5 Å². The zero-order valence-electron chi connectivity index (χ0n) is 17.4. The highest BCUT2D eigenvalue weighted by Gasteiger charge is 2.33. The van der Waals surface area contributed by atoms with E-state index >= 15 is 0 Å². The third-order valence-electron chi connectivity index (χ3n) is 6.26. The number of anilines is 1. The molecule has 6 nitrogen and oxygen atoms in total. The fourth-order valence-corrected chi connectivity index (χ4v) is 4.81. The van der Waals surface area contributed by atoms with E-state index in [9.17, 15) is 13.6 Å². The first kappa shape index (κ1) is 21.7. The van der Waals surface area contributed by atoms with Crippen LogP contribution in [-0.2, 0) is 19.5 Å². The fourth-order valence-electron chi connectivity index (χ4n) is 4.81. The molecule has 5 rings (SSSR count).